The first-order valence-electron chi connectivity index (χ1n) is 11.9. The Kier molecular flexibility index (Phi) is 6.70. The minimum absolute atomic E-state index is 0.520. The van der Waals surface area contributed by atoms with E-state index in [4.69, 9.17) is 29.4 Å². The number of aliphatic hydroxyl groups is 1. The Balaban J connectivity index is 1.74. The molecule has 2 fully saturated rings. The molecule has 0 amide bonds. The van der Waals surface area contributed by atoms with Crippen molar-refractivity contribution in [1.82, 2.24) is 19.9 Å². The second-order valence-electron chi connectivity index (χ2n) is 8.40. The Morgan fingerprint density at radius 2 is 1.56 bits per heavy atom. The fraction of sp³-hybridized carbons (Fsp3) is 0.500. The van der Waals surface area contributed by atoms with Crippen LogP contribution in [0, 0.1) is 0 Å². The number of rotatable bonds is 6. The normalized spacial score (nSPS) is 17.7. The van der Waals surface area contributed by atoms with Gasteiger partial charge in [-0.3, -0.25) is 0 Å². The van der Waals surface area contributed by atoms with Crippen LogP contribution in [-0.4, -0.2) is 90.4 Å². The first kappa shape index (κ1) is 22.7. The first-order valence-corrected chi connectivity index (χ1v) is 11.9. The minimum Gasteiger partial charge on any atom is -0.378 e. The van der Waals surface area contributed by atoms with E-state index in [1.807, 2.05) is 42.2 Å². The highest BCUT2D eigenvalue weighted by Crippen LogP contribution is 2.33. The van der Waals surface area contributed by atoms with Crippen LogP contribution in [0.1, 0.15) is 13.8 Å². The number of anilines is 3. The molecule has 2 aliphatic heterocycles. The van der Waals surface area contributed by atoms with Crippen LogP contribution in [0.15, 0.2) is 30.3 Å². The van der Waals surface area contributed by atoms with Gasteiger partial charge in [0.1, 0.15) is 11.9 Å². The van der Waals surface area contributed by atoms with Crippen molar-refractivity contribution >= 4 is 28.7 Å². The lowest BCUT2D eigenvalue weighted by Gasteiger charge is -2.31. The summed E-state index contributed by atoms with van der Waals surface area (Å²) in [6.45, 7) is 9.73. The van der Waals surface area contributed by atoms with E-state index in [0.29, 0.717) is 69.0 Å². The lowest BCUT2D eigenvalue weighted by Crippen LogP contribution is -2.39. The van der Waals surface area contributed by atoms with Crippen LogP contribution in [-0.2, 0) is 9.47 Å². The quantitative estimate of drug-likeness (QED) is 0.544. The Morgan fingerprint density at radius 3 is 2.18 bits per heavy atom. The van der Waals surface area contributed by atoms with E-state index in [9.17, 15) is 5.11 Å². The maximum absolute atomic E-state index is 10.5. The summed E-state index contributed by atoms with van der Waals surface area (Å²) in [4.78, 5) is 26.0. The molecule has 3 aromatic rings. The third kappa shape index (κ3) is 4.48. The summed E-state index contributed by atoms with van der Waals surface area (Å²) >= 11 is 0. The van der Waals surface area contributed by atoms with Gasteiger partial charge in [-0.1, -0.05) is 30.3 Å². The number of fused-ring (bicyclic) bond motifs is 1. The van der Waals surface area contributed by atoms with Gasteiger partial charge in [-0.2, -0.15) is 9.97 Å². The zero-order chi connectivity index (χ0) is 23.5. The number of aliphatic hydroxyl groups excluding tert-OH is 1. The van der Waals surface area contributed by atoms with E-state index in [1.54, 1.807) is 6.92 Å². The van der Waals surface area contributed by atoms with E-state index in [0.717, 1.165) is 30.2 Å². The molecule has 4 heterocycles. The van der Waals surface area contributed by atoms with E-state index < -0.39 is 6.23 Å². The monoisotopic (exact) mass is 465 g/mol. The zero-order valence-corrected chi connectivity index (χ0v) is 19.7. The molecule has 2 saturated heterocycles. The summed E-state index contributed by atoms with van der Waals surface area (Å²) < 4.78 is 11.1. The van der Waals surface area contributed by atoms with Gasteiger partial charge in [0.15, 0.2) is 22.8 Å². The van der Waals surface area contributed by atoms with Gasteiger partial charge in [0.25, 0.3) is 0 Å². The molecule has 1 unspecified atom stereocenters. The lowest BCUT2D eigenvalue weighted by molar-refractivity contribution is 0.122. The van der Waals surface area contributed by atoms with Gasteiger partial charge >= 0.3 is 0 Å². The summed E-state index contributed by atoms with van der Waals surface area (Å²) in [5, 5.41) is 10.5. The Hall–Kier alpha value is -3.08. The average molecular weight is 466 g/mol. The van der Waals surface area contributed by atoms with Crippen LogP contribution in [0.25, 0.3) is 22.4 Å². The Morgan fingerprint density at radius 1 is 0.912 bits per heavy atom. The predicted molar refractivity (Wildman–Crippen MR) is 131 cm³/mol. The van der Waals surface area contributed by atoms with Crippen molar-refractivity contribution < 1.29 is 14.6 Å². The second-order valence-corrected chi connectivity index (χ2v) is 8.40. The summed E-state index contributed by atoms with van der Waals surface area (Å²) in [5.74, 6) is 1.96. The first-order chi connectivity index (χ1) is 16.7. The van der Waals surface area contributed by atoms with Gasteiger partial charge in [0.05, 0.1) is 26.4 Å². The highest BCUT2D eigenvalue weighted by atomic mass is 16.5. The molecule has 0 spiro atoms. The molecule has 2 aliphatic rings. The predicted octanol–water partition coefficient (Wildman–Crippen LogP) is 1.92. The van der Waals surface area contributed by atoms with Crippen molar-refractivity contribution in [3.8, 4) is 11.3 Å². The molecule has 1 atom stereocenters. The van der Waals surface area contributed by atoms with Gasteiger partial charge in [-0.05, 0) is 13.8 Å². The molecule has 2 aromatic heterocycles. The smallest absolute Gasteiger partial charge is 0.229 e. The van der Waals surface area contributed by atoms with Crippen molar-refractivity contribution in [1.29, 1.82) is 0 Å². The Bertz CT molecular complexity index is 1120. The van der Waals surface area contributed by atoms with Crippen molar-refractivity contribution in [2.24, 2.45) is 0 Å². The second kappa shape index (κ2) is 10.0. The van der Waals surface area contributed by atoms with E-state index in [-0.39, 0.29) is 0 Å². The molecule has 0 bridgehead atoms. The van der Waals surface area contributed by atoms with E-state index in [2.05, 4.69) is 9.80 Å². The molecule has 34 heavy (non-hydrogen) atoms. The van der Waals surface area contributed by atoms with Crippen LogP contribution in [0.4, 0.5) is 17.6 Å². The topological polar surface area (TPSA) is 100.0 Å². The van der Waals surface area contributed by atoms with Crippen molar-refractivity contribution in [2.75, 3.05) is 73.9 Å². The van der Waals surface area contributed by atoms with E-state index >= 15 is 0 Å². The number of ether oxygens (including phenoxy) is 2. The van der Waals surface area contributed by atoms with Gasteiger partial charge in [-0.25, -0.2) is 9.97 Å². The van der Waals surface area contributed by atoms with E-state index in [1.165, 1.54) is 0 Å². The largest absolute Gasteiger partial charge is 0.378 e. The van der Waals surface area contributed by atoms with Crippen molar-refractivity contribution in [2.45, 2.75) is 20.1 Å². The van der Waals surface area contributed by atoms with Gasteiger partial charge in [0, 0.05) is 38.3 Å². The summed E-state index contributed by atoms with van der Waals surface area (Å²) in [7, 11) is 0. The standard InChI is InChI=1S/C24H31N7O3/c1-3-31(17(2)32)23-20-21(27-24(28-23)30-11-15-34-16-12-30)26-22(29-9-13-33-14-10-29)19(25-20)18-7-5-4-6-8-18/h4-8,17,32H,3,9-16H2,1-2H3. The maximum atomic E-state index is 10.5. The minimum atomic E-state index is -0.735. The number of benzene rings is 1. The number of nitrogens with zero attached hydrogens (tertiary/aromatic N) is 7. The van der Waals surface area contributed by atoms with Crippen LogP contribution in [0.3, 0.4) is 0 Å². The fourth-order valence-electron chi connectivity index (χ4n) is 4.39. The van der Waals surface area contributed by atoms with Crippen LogP contribution < -0.4 is 14.7 Å². The molecule has 10 nitrogen and oxygen atoms in total. The third-order valence-corrected chi connectivity index (χ3v) is 6.20. The number of aromatic nitrogens is 4. The molecule has 1 aromatic carbocycles. The molecule has 0 aliphatic carbocycles. The number of hydrogen-bond acceptors (Lipinski definition) is 10. The number of morpholine rings is 2. The molecule has 0 saturated carbocycles. The van der Waals surface area contributed by atoms with Gasteiger partial charge < -0.3 is 29.3 Å². The highest BCUT2D eigenvalue weighted by Gasteiger charge is 2.26. The molecule has 1 N–H and O–H groups in total. The van der Waals surface area contributed by atoms with Gasteiger partial charge in [0.2, 0.25) is 5.95 Å². The third-order valence-electron chi connectivity index (χ3n) is 6.20. The van der Waals surface area contributed by atoms with Crippen molar-refractivity contribution in [3.05, 3.63) is 30.3 Å². The van der Waals surface area contributed by atoms with Crippen molar-refractivity contribution in [3.63, 3.8) is 0 Å². The average Bonchev–Trinajstić information content (AvgIpc) is 2.89. The zero-order valence-electron chi connectivity index (χ0n) is 19.7. The summed E-state index contributed by atoms with van der Waals surface area (Å²) in [6.07, 6.45) is -0.735. The number of hydrogen-bond donors (Lipinski definition) is 1. The molecule has 180 valence electrons. The highest BCUT2D eigenvalue weighted by molar-refractivity contribution is 5.89. The summed E-state index contributed by atoms with van der Waals surface area (Å²) in [6, 6.07) is 10.1. The molecule has 0 radical (unpaired) electrons. The summed E-state index contributed by atoms with van der Waals surface area (Å²) in [5.41, 5.74) is 2.85. The maximum Gasteiger partial charge on any atom is 0.229 e. The molecule has 5 rings (SSSR count). The van der Waals surface area contributed by atoms with Crippen LogP contribution in [0.2, 0.25) is 0 Å². The lowest BCUT2D eigenvalue weighted by atomic mass is 10.1. The molecular formula is C24H31N7O3. The Labute approximate surface area is 199 Å². The van der Waals surface area contributed by atoms with Gasteiger partial charge in [-0.15, -0.1) is 0 Å². The SMILES string of the molecule is CCN(c1nc(N2CCOCC2)nc2nc(N3CCOCC3)c(-c3ccccc3)nc12)C(C)O. The van der Waals surface area contributed by atoms with Crippen LogP contribution >= 0.6 is 0 Å². The van der Waals surface area contributed by atoms with Crippen LogP contribution in [0.5, 0.6) is 0 Å². The fourth-order valence-corrected chi connectivity index (χ4v) is 4.39. The molecular weight excluding hydrogens is 434 g/mol. The molecule has 10 heteroatoms.